The summed E-state index contributed by atoms with van der Waals surface area (Å²) in [6.07, 6.45) is -0.713. The van der Waals surface area contributed by atoms with E-state index in [9.17, 15) is 14.4 Å². The molecule has 3 unspecified atom stereocenters. The Balaban J connectivity index is 2.79. The van der Waals surface area contributed by atoms with Crippen molar-refractivity contribution in [2.45, 2.75) is 12.5 Å². The second kappa shape index (κ2) is 6.48. The molecule has 8 heteroatoms. The Morgan fingerprint density at radius 3 is 2.32 bits per heavy atom. The number of carbonyl (C=O) groups excluding carboxylic acids is 1. The summed E-state index contributed by atoms with van der Waals surface area (Å²) in [5, 5.41) is 18.0. The van der Waals surface area contributed by atoms with Crippen molar-refractivity contribution in [1.29, 1.82) is 0 Å². The molecule has 0 aromatic heterocycles. The molecule has 1 heterocycles. The Kier molecular flexibility index (Phi) is 5.25. The number of amides is 1. The Morgan fingerprint density at radius 2 is 1.89 bits per heavy atom. The lowest BCUT2D eigenvalue weighted by molar-refractivity contribution is -0.161. The number of nitrogens with zero attached hydrogens (tertiary/aromatic N) is 1. The van der Waals surface area contributed by atoms with E-state index in [1.165, 1.54) is 12.0 Å². The third kappa shape index (κ3) is 3.42. The van der Waals surface area contributed by atoms with E-state index in [1.807, 2.05) is 0 Å². The summed E-state index contributed by atoms with van der Waals surface area (Å²) < 4.78 is 4.90. The van der Waals surface area contributed by atoms with Gasteiger partial charge >= 0.3 is 11.9 Å². The van der Waals surface area contributed by atoms with Crippen molar-refractivity contribution < 1.29 is 29.3 Å². The molecule has 0 aliphatic carbocycles. The van der Waals surface area contributed by atoms with E-state index in [0.717, 1.165) is 0 Å². The van der Waals surface area contributed by atoms with E-state index < -0.39 is 35.8 Å². The Morgan fingerprint density at radius 1 is 1.32 bits per heavy atom. The molecule has 0 aromatic rings. The summed E-state index contributed by atoms with van der Waals surface area (Å²) in [5.74, 6) is -4.85. The number of methoxy groups -OCH3 is 1. The standard InChI is InChI=1S/C11H18N2O6/c1-19-8(4-12)9(14)13-3-2-6(10(15)16)7(5-13)11(17)18/h6-8H,2-5,12H2,1H3,(H,15,16)(H,17,18). The molecule has 0 radical (unpaired) electrons. The molecule has 1 amide bonds. The van der Waals surface area contributed by atoms with Gasteiger partial charge in [0, 0.05) is 26.7 Å². The van der Waals surface area contributed by atoms with Crippen LogP contribution < -0.4 is 5.73 Å². The Bertz CT molecular complexity index is 368. The lowest BCUT2D eigenvalue weighted by Gasteiger charge is -2.35. The van der Waals surface area contributed by atoms with Crippen LogP contribution in [0.2, 0.25) is 0 Å². The van der Waals surface area contributed by atoms with Crippen LogP contribution >= 0.6 is 0 Å². The van der Waals surface area contributed by atoms with Crippen molar-refractivity contribution >= 4 is 17.8 Å². The molecule has 8 nitrogen and oxygen atoms in total. The molecule has 1 aliphatic heterocycles. The van der Waals surface area contributed by atoms with Gasteiger partial charge in [0.15, 0.2) is 0 Å². The van der Waals surface area contributed by atoms with E-state index in [0.29, 0.717) is 0 Å². The summed E-state index contributed by atoms with van der Waals surface area (Å²) in [7, 11) is 1.34. The molecule has 1 fully saturated rings. The molecule has 0 spiro atoms. The number of carboxylic acid groups (broad SMARTS) is 2. The molecule has 0 bridgehead atoms. The molecule has 0 saturated carbocycles. The summed E-state index contributed by atoms with van der Waals surface area (Å²) in [6.45, 7) is 0.0519. The van der Waals surface area contributed by atoms with Crippen LogP contribution in [-0.4, -0.2) is 65.8 Å². The molecule has 3 atom stereocenters. The average Bonchev–Trinajstić information content (AvgIpc) is 2.39. The molecular weight excluding hydrogens is 256 g/mol. The first kappa shape index (κ1) is 15.4. The van der Waals surface area contributed by atoms with Crippen LogP contribution in [0.3, 0.4) is 0 Å². The van der Waals surface area contributed by atoms with E-state index in [4.69, 9.17) is 20.7 Å². The Labute approximate surface area is 110 Å². The van der Waals surface area contributed by atoms with Crippen LogP contribution in [0.25, 0.3) is 0 Å². The van der Waals surface area contributed by atoms with Crippen LogP contribution in [-0.2, 0) is 19.1 Å². The number of hydrogen-bond acceptors (Lipinski definition) is 5. The smallest absolute Gasteiger partial charge is 0.309 e. The third-order valence-corrected chi connectivity index (χ3v) is 3.33. The SMILES string of the molecule is COC(CN)C(=O)N1CCC(C(=O)O)C(C(=O)O)C1. The first-order chi connectivity index (χ1) is 8.92. The van der Waals surface area contributed by atoms with Crippen LogP contribution in [0.4, 0.5) is 0 Å². The lowest BCUT2D eigenvalue weighted by Crippen LogP contribution is -2.52. The highest BCUT2D eigenvalue weighted by atomic mass is 16.5. The number of piperidine rings is 1. The van der Waals surface area contributed by atoms with E-state index >= 15 is 0 Å². The monoisotopic (exact) mass is 274 g/mol. The maximum Gasteiger partial charge on any atom is 0.309 e. The average molecular weight is 274 g/mol. The van der Waals surface area contributed by atoms with Crippen molar-refractivity contribution in [3.63, 3.8) is 0 Å². The van der Waals surface area contributed by atoms with E-state index in [2.05, 4.69) is 0 Å². The zero-order valence-corrected chi connectivity index (χ0v) is 10.6. The van der Waals surface area contributed by atoms with E-state index in [-0.39, 0.29) is 26.1 Å². The van der Waals surface area contributed by atoms with Gasteiger partial charge in [-0.05, 0) is 6.42 Å². The number of carboxylic acids is 2. The summed E-state index contributed by atoms with van der Waals surface area (Å²) in [5.41, 5.74) is 5.38. The zero-order valence-electron chi connectivity index (χ0n) is 10.6. The van der Waals surface area contributed by atoms with Gasteiger partial charge in [-0.15, -0.1) is 0 Å². The van der Waals surface area contributed by atoms with Gasteiger partial charge in [-0.3, -0.25) is 14.4 Å². The minimum atomic E-state index is -1.22. The summed E-state index contributed by atoms with van der Waals surface area (Å²) >= 11 is 0. The fourth-order valence-corrected chi connectivity index (χ4v) is 2.20. The quantitative estimate of drug-likeness (QED) is 0.561. The van der Waals surface area contributed by atoms with Crippen LogP contribution in [0.5, 0.6) is 0 Å². The molecule has 19 heavy (non-hydrogen) atoms. The maximum atomic E-state index is 12.0. The molecule has 4 N–H and O–H groups in total. The van der Waals surface area contributed by atoms with Gasteiger partial charge in [0.2, 0.25) is 0 Å². The second-order valence-electron chi connectivity index (χ2n) is 4.42. The van der Waals surface area contributed by atoms with Crippen molar-refractivity contribution in [2.75, 3.05) is 26.7 Å². The number of aliphatic carboxylic acids is 2. The topological polar surface area (TPSA) is 130 Å². The molecule has 108 valence electrons. The van der Waals surface area contributed by atoms with Gasteiger partial charge in [0.25, 0.3) is 5.91 Å². The van der Waals surface area contributed by atoms with Crippen LogP contribution in [0.15, 0.2) is 0 Å². The van der Waals surface area contributed by atoms with E-state index in [1.54, 1.807) is 0 Å². The van der Waals surface area contributed by atoms with Gasteiger partial charge in [0.1, 0.15) is 6.10 Å². The van der Waals surface area contributed by atoms with Crippen molar-refractivity contribution in [3.8, 4) is 0 Å². The van der Waals surface area contributed by atoms with Gasteiger partial charge in [-0.25, -0.2) is 0 Å². The number of carbonyl (C=O) groups is 3. The van der Waals surface area contributed by atoms with Gasteiger partial charge in [-0.1, -0.05) is 0 Å². The Hall–Kier alpha value is -1.67. The van der Waals surface area contributed by atoms with Crippen molar-refractivity contribution in [1.82, 2.24) is 4.90 Å². The minimum absolute atomic E-state index is 0.00801. The fraction of sp³-hybridized carbons (Fsp3) is 0.727. The number of rotatable bonds is 5. The number of ether oxygens (including phenoxy) is 1. The molecule has 1 rings (SSSR count). The first-order valence-electron chi connectivity index (χ1n) is 5.89. The highest BCUT2D eigenvalue weighted by Gasteiger charge is 2.41. The number of likely N-dealkylation sites (tertiary alicyclic amines) is 1. The number of hydrogen-bond donors (Lipinski definition) is 3. The van der Waals surface area contributed by atoms with Crippen LogP contribution in [0, 0.1) is 11.8 Å². The molecule has 0 aromatic carbocycles. The first-order valence-corrected chi connectivity index (χ1v) is 5.89. The zero-order chi connectivity index (χ0) is 14.6. The van der Waals surface area contributed by atoms with Gasteiger partial charge < -0.3 is 25.6 Å². The summed E-state index contributed by atoms with van der Waals surface area (Å²) in [6, 6.07) is 0. The third-order valence-electron chi connectivity index (χ3n) is 3.33. The second-order valence-corrected chi connectivity index (χ2v) is 4.42. The largest absolute Gasteiger partial charge is 0.481 e. The molecule has 1 aliphatic rings. The molecular formula is C11H18N2O6. The maximum absolute atomic E-state index is 12.0. The highest BCUT2D eigenvalue weighted by Crippen LogP contribution is 2.25. The predicted molar refractivity (Wildman–Crippen MR) is 63.3 cm³/mol. The lowest BCUT2D eigenvalue weighted by atomic mass is 9.85. The normalized spacial score (nSPS) is 24.8. The predicted octanol–water partition coefficient (Wildman–Crippen LogP) is -1.41. The van der Waals surface area contributed by atoms with Gasteiger partial charge in [-0.2, -0.15) is 0 Å². The summed E-state index contributed by atoms with van der Waals surface area (Å²) in [4.78, 5) is 35.4. The molecule has 1 saturated heterocycles. The minimum Gasteiger partial charge on any atom is -0.481 e. The van der Waals surface area contributed by atoms with Crippen LogP contribution in [0.1, 0.15) is 6.42 Å². The van der Waals surface area contributed by atoms with Crippen molar-refractivity contribution in [2.24, 2.45) is 17.6 Å². The highest BCUT2D eigenvalue weighted by molar-refractivity contribution is 5.84. The fourth-order valence-electron chi connectivity index (χ4n) is 2.20. The van der Waals surface area contributed by atoms with Crippen molar-refractivity contribution in [3.05, 3.63) is 0 Å². The van der Waals surface area contributed by atoms with Gasteiger partial charge in [0.05, 0.1) is 11.8 Å². The number of nitrogens with two attached hydrogens (primary N) is 1.